The van der Waals surface area contributed by atoms with Crippen LogP contribution in [0.4, 0.5) is 0 Å². The molecule has 0 amide bonds. The van der Waals surface area contributed by atoms with E-state index in [9.17, 15) is 9.59 Å². The van der Waals surface area contributed by atoms with E-state index in [1.165, 1.54) is 22.8 Å². The van der Waals surface area contributed by atoms with E-state index >= 15 is 0 Å². The van der Waals surface area contributed by atoms with Gasteiger partial charge >= 0.3 is 11.9 Å². The molecule has 0 spiro atoms. The Morgan fingerprint density at radius 3 is 2.20 bits per heavy atom. The van der Waals surface area contributed by atoms with Crippen molar-refractivity contribution >= 4 is 11.9 Å². The fourth-order valence-corrected chi connectivity index (χ4v) is 4.60. The van der Waals surface area contributed by atoms with Gasteiger partial charge in [-0.3, -0.25) is 0 Å². The van der Waals surface area contributed by atoms with Gasteiger partial charge in [-0.05, 0) is 111 Å². The zero-order valence-electron chi connectivity index (χ0n) is 25.5. The number of allylic oxidation sites excluding steroid dienone is 3. The molecule has 3 aromatic rings. The highest BCUT2D eigenvalue weighted by Crippen LogP contribution is 2.28. The van der Waals surface area contributed by atoms with Crippen LogP contribution < -0.4 is 4.74 Å². The number of carbonyl (C=O) groups is 2. The lowest BCUT2D eigenvalue weighted by molar-refractivity contribution is -0.00244. The predicted octanol–water partition coefficient (Wildman–Crippen LogP) is 9.20. The first-order valence-corrected chi connectivity index (χ1v) is 14.6. The van der Waals surface area contributed by atoms with Gasteiger partial charge in [-0.15, -0.1) is 6.58 Å². The lowest BCUT2D eigenvalue weighted by Gasteiger charge is -2.23. The normalized spacial score (nSPS) is 12.2. The molecule has 0 N–H and O–H groups in total. The fraction of sp³-hybridized carbons (Fsp3) is 0.351. The van der Waals surface area contributed by atoms with Crippen LogP contribution in [0, 0.1) is 0 Å². The van der Waals surface area contributed by atoms with Crippen LogP contribution in [0.25, 0.3) is 0 Å². The summed E-state index contributed by atoms with van der Waals surface area (Å²) in [4.78, 5) is 25.7. The lowest BCUT2D eigenvalue weighted by Crippen LogP contribution is -2.27. The van der Waals surface area contributed by atoms with E-state index in [1.54, 1.807) is 24.3 Å². The van der Waals surface area contributed by atoms with E-state index in [0.29, 0.717) is 30.1 Å². The van der Waals surface area contributed by atoms with Crippen LogP contribution in [-0.2, 0) is 24.0 Å². The number of esters is 2. The first-order chi connectivity index (χ1) is 19.6. The standard InChI is InChI=1S/C37H44O4/c1-8-12-15-29-23-27(18-20-33(29)26(5)10-3)22-28-19-21-34(30(24-28)14-9-2)40-35(38)31-16-13-17-32(25-31)36(39)41-37(6,7)11-4/h8-9,12-13,16-21,23-26H,2,10-11,14-15,22H2,1,3-7H3/b12-8-. The van der Waals surface area contributed by atoms with Gasteiger partial charge in [0.1, 0.15) is 11.4 Å². The van der Waals surface area contributed by atoms with Gasteiger partial charge in [0.05, 0.1) is 11.1 Å². The number of rotatable bonds is 13. The summed E-state index contributed by atoms with van der Waals surface area (Å²) in [6.07, 6.45) is 10.2. The van der Waals surface area contributed by atoms with Gasteiger partial charge < -0.3 is 9.47 Å². The summed E-state index contributed by atoms with van der Waals surface area (Å²) in [5.74, 6) is 0.0163. The summed E-state index contributed by atoms with van der Waals surface area (Å²) in [6.45, 7) is 16.1. The van der Waals surface area contributed by atoms with Crippen LogP contribution in [0.3, 0.4) is 0 Å². The topological polar surface area (TPSA) is 52.6 Å². The first-order valence-electron chi connectivity index (χ1n) is 14.6. The van der Waals surface area contributed by atoms with Crippen LogP contribution in [0.1, 0.15) is 109 Å². The van der Waals surface area contributed by atoms with Crippen molar-refractivity contribution in [2.75, 3.05) is 0 Å². The van der Waals surface area contributed by atoms with Crippen molar-refractivity contribution in [3.63, 3.8) is 0 Å². The molecular weight excluding hydrogens is 508 g/mol. The van der Waals surface area contributed by atoms with Crippen molar-refractivity contribution in [1.29, 1.82) is 0 Å². The minimum Gasteiger partial charge on any atom is -0.456 e. The van der Waals surface area contributed by atoms with Crippen LogP contribution in [0.2, 0.25) is 0 Å². The van der Waals surface area contributed by atoms with E-state index in [-0.39, 0.29) is 5.56 Å². The summed E-state index contributed by atoms with van der Waals surface area (Å²) in [6, 6.07) is 19.2. The second-order valence-electron chi connectivity index (χ2n) is 11.2. The summed E-state index contributed by atoms with van der Waals surface area (Å²) < 4.78 is 11.4. The van der Waals surface area contributed by atoms with Crippen molar-refractivity contribution in [3.8, 4) is 5.75 Å². The number of hydrogen-bond donors (Lipinski definition) is 0. The minimum atomic E-state index is -0.584. The maximum absolute atomic E-state index is 13.1. The number of ether oxygens (including phenoxy) is 2. The van der Waals surface area contributed by atoms with Crippen LogP contribution in [-0.4, -0.2) is 17.5 Å². The van der Waals surface area contributed by atoms with Crippen molar-refractivity contribution in [3.05, 3.63) is 124 Å². The summed E-state index contributed by atoms with van der Waals surface area (Å²) in [7, 11) is 0. The highest BCUT2D eigenvalue weighted by atomic mass is 16.6. The average Bonchev–Trinajstić information content (AvgIpc) is 2.97. The molecule has 0 saturated heterocycles. The number of benzene rings is 3. The van der Waals surface area contributed by atoms with Crippen molar-refractivity contribution in [1.82, 2.24) is 0 Å². The molecule has 0 fully saturated rings. The van der Waals surface area contributed by atoms with Gasteiger partial charge in [-0.25, -0.2) is 9.59 Å². The van der Waals surface area contributed by atoms with Crippen LogP contribution in [0.15, 0.2) is 85.5 Å². The molecule has 0 saturated carbocycles. The maximum atomic E-state index is 13.1. The predicted molar refractivity (Wildman–Crippen MR) is 168 cm³/mol. The molecule has 3 aromatic carbocycles. The molecule has 4 nitrogen and oxygen atoms in total. The van der Waals surface area contributed by atoms with E-state index in [1.807, 2.05) is 32.9 Å². The molecule has 0 aliphatic heterocycles. The van der Waals surface area contributed by atoms with Gasteiger partial charge in [0.2, 0.25) is 0 Å². The lowest BCUT2D eigenvalue weighted by atomic mass is 9.89. The third kappa shape index (κ3) is 8.78. The van der Waals surface area contributed by atoms with E-state index < -0.39 is 17.5 Å². The van der Waals surface area contributed by atoms with E-state index in [0.717, 1.165) is 30.4 Å². The van der Waals surface area contributed by atoms with Crippen molar-refractivity contribution in [2.24, 2.45) is 0 Å². The van der Waals surface area contributed by atoms with E-state index in [4.69, 9.17) is 9.47 Å². The Bertz CT molecular complexity index is 1400. The monoisotopic (exact) mass is 552 g/mol. The highest BCUT2D eigenvalue weighted by Gasteiger charge is 2.22. The molecule has 41 heavy (non-hydrogen) atoms. The van der Waals surface area contributed by atoms with Gasteiger partial charge in [0.25, 0.3) is 0 Å². The summed E-state index contributed by atoms with van der Waals surface area (Å²) >= 11 is 0. The molecule has 0 radical (unpaired) electrons. The average molecular weight is 553 g/mol. The Kier molecular flexibility index (Phi) is 11.3. The SMILES string of the molecule is C=CCc1cc(Cc2ccc(C(C)CC)c(C/C=C\C)c2)ccc1OC(=O)c1cccc(C(=O)OC(C)(C)CC)c1. The quantitative estimate of drug-likeness (QED) is 0.120. The van der Waals surface area contributed by atoms with Gasteiger partial charge in [-0.2, -0.15) is 0 Å². The Hall–Kier alpha value is -3.92. The summed E-state index contributed by atoms with van der Waals surface area (Å²) in [5.41, 5.74) is 6.08. The Labute approximate surface area is 246 Å². The molecule has 0 bridgehead atoms. The third-order valence-electron chi connectivity index (χ3n) is 7.58. The summed E-state index contributed by atoms with van der Waals surface area (Å²) in [5, 5.41) is 0. The molecule has 4 heteroatoms. The zero-order chi connectivity index (χ0) is 30.0. The largest absolute Gasteiger partial charge is 0.456 e. The highest BCUT2D eigenvalue weighted by molar-refractivity contribution is 5.96. The second-order valence-corrected chi connectivity index (χ2v) is 11.2. The molecule has 3 rings (SSSR count). The molecule has 1 unspecified atom stereocenters. The molecule has 216 valence electrons. The van der Waals surface area contributed by atoms with Crippen LogP contribution in [0.5, 0.6) is 5.75 Å². The zero-order valence-corrected chi connectivity index (χ0v) is 25.5. The second kappa shape index (κ2) is 14.6. The first kappa shape index (κ1) is 31.6. The van der Waals surface area contributed by atoms with Crippen LogP contribution >= 0.6 is 0 Å². The molecule has 1 atom stereocenters. The third-order valence-corrected chi connectivity index (χ3v) is 7.58. The molecule has 0 aliphatic carbocycles. The fourth-order valence-electron chi connectivity index (χ4n) is 4.60. The smallest absolute Gasteiger partial charge is 0.343 e. The van der Waals surface area contributed by atoms with Gasteiger partial charge in [0.15, 0.2) is 0 Å². The maximum Gasteiger partial charge on any atom is 0.343 e. The molecule has 0 aliphatic rings. The number of hydrogen-bond acceptors (Lipinski definition) is 4. The Morgan fingerprint density at radius 2 is 1.56 bits per heavy atom. The molecule has 0 heterocycles. The Morgan fingerprint density at radius 1 is 0.902 bits per heavy atom. The van der Waals surface area contributed by atoms with Crippen molar-refractivity contribution in [2.45, 2.75) is 85.2 Å². The van der Waals surface area contributed by atoms with Crippen molar-refractivity contribution < 1.29 is 19.1 Å². The molecule has 0 aromatic heterocycles. The Balaban J connectivity index is 1.81. The van der Waals surface area contributed by atoms with Gasteiger partial charge in [0, 0.05) is 0 Å². The minimum absolute atomic E-state index is 0.289. The van der Waals surface area contributed by atoms with E-state index in [2.05, 4.69) is 63.8 Å². The molecular formula is C37H44O4. The number of carbonyl (C=O) groups excluding carboxylic acids is 2. The van der Waals surface area contributed by atoms with Gasteiger partial charge in [-0.1, -0.05) is 75.4 Å².